The molecule has 2 N–H and O–H groups in total. The molecule has 1 saturated heterocycles. The van der Waals surface area contributed by atoms with Gasteiger partial charge in [-0.15, -0.1) is 0 Å². The molecule has 0 aromatic heterocycles. The molecule has 13 heteroatoms. The van der Waals surface area contributed by atoms with Crippen molar-refractivity contribution in [1.82, 2.24) is 0 Å². The quantitative estimate of drug-likeness (QED) is 0.152. The highest BCUT2D eigenvalue weighted by Gasteiger charge is 2.51. The molecule has 0 aliphatic carbocycles. The van der Waals surface area contributed by atoms with E-state index in [0.29, 0.717) is 31.2 Å². The van der Waals surface area contributed by atoms with Gasteiger partial charge in [0.25, 0.3) is 0 Å². The van der Waals surface area contributed by atoms with E-state index in [2.05, 4.69) is 0 Å². The highest BCUT2D eigenvalue weighted by Crippen LogP contribution is 2.28. The average molecular weight is 626 g/mol. The molecule has 0 spiro atoms. The Hall–Kier alpha value is -3.58. The highest BCUT2D eigenvalue weighted by atomic mass is 19.1. The Morgan fingerprint density at radius 1 is 0.773 bits per heavy atom. The van der Waals surface area contributed by atoms with Crippen LogP contribution in [0.1, 0.15) is 84.6 Å². The third kappa shape index (κ3) is 11.2. The van der Waals surface area contributed by atoms with Crippen LogP contribution in [-0.4, -0.2) is 73.3 Å². The Kier molecular flexibility index (Phi) is 15.2. The molecule has 44 heavy (non-hydrogen) atoms. The Labute approximate surface area is 257 Å². The lowest BCUT2D eigenvalue weighted by atomic mass is 9.93. The van der Waals surface area contributed by atoms with Crippen LogP contribution in [0, 0.1) is 0 Å². The first-order valence-corrected chi connectivity index (χ1v) is 15.1. The fourth-order valence-corrected chi connectivity index (χ4v) is 4.30. The molecule has 0 saturated carbocycles. The number of nitrogens with two attached hydrogens (primary N) is 1. The second-order valence-corrected chi connectivity index (χ2v) is 10.6. The summed E-state index contributed by atoms with van der Waals surface area (Å²) in [6, 6.07) is 6.05. The molecule has 12 nitrogen and oxygen atoms in total. The summed E-state index contributed by atoms with van der Waals surface area (Å²) in [5.41, 5.74) is 4.44. The van der Waals surface area contributed by atoms with Crippen LogP contribution in [0.3, 0.4) is 0 Å². The number of ether oxygens (including phenoxy) is 6. The van der Waals surface area contributed by atoms with Gasteiger partial charge in [0, 0.05) is 32.1 Å². The maximum Gasteiger partial charge on any atom is 0.331 e. The Morgan fingerprint density at radius 3 is 1.80 bits per heavy atom. The van der Waals surface area contributed by atoms with Gasteiger partial charge in [-0.3, -0.25) is 19.2 Å². The predicted octanol–water partition coefficient (Wildman–Crippen LogP) is 3.64. The van der Waals surface area contributed by atoms with E-state index < -0.39 is 66.7 Å². The summed E-state index contributed by atoms with van der Waals surface area (Å²) in [6.07, 6.45) is -3.68. The highest BCUT2D eigenvalue weighted by molar-refractivity contribution is 5.81. The van der Waals surface area contributed by atoms with Crippen molar-refractivity contribution >= 4 is 29.8 Å². The molecule has 246 valence electrons. The topological polar surface area (TPSA) is 167 Å². The molecule has 0 radical (unpaired) electrons. The normalized spacial score (nSPS) is 21.0. The van der Waals surface area contributed by atoms with Crippen molar-refractivity contribution in [1.29, 1.82) is 0 Å². The van der Waals surface area contributed by atoms with Gasteiger partial charge in [0.1, 0.15) is 18.0 Å². The molecule has 1 fully saturated rings. The Bertz CT molecular complexity index is 1110. The maximum absolute atomic E-state index is 14.3. The fraction of sp³-hybridized carbons (Fsp3) is 0.645. The van der Waals surface area contributed by atoms with Crippen molar-refractivity contribution in [2.45, 2.75) is 116 Å². The first-order valence-electron chi connectivity index (χ1n) is 15.1. The summed E-state index contributed by atoms with van der Waals surface area (Å²) in [5, 5.41) is 0. The molecule has 1 heterocycles. The first-order chi connectivity index (χ1) is 21.0. The SMILES string of the molecule is CCCC(=O)Oc1ccc(C[C@](N)(CF)C(=O)O[C@@H]2OC[C@@H](OC(=O)CCC)[C@H](OC(=O)CCC)[C@H]2OC(=O)CCC)cc1. The van der Waals surface area contributed by atoms with Crippen LogP contribution in [0.4, 0.5) is 4.39 Å². The predicted molar refractivity (Wildman–Crippen MR) is 154 cm³/mol. The summed E-state index contributed by atoms with van der Waals surface area (Å²) < 4.78 is 47.3. The molecule has 0 amide bonds. The van der Waals surface area contributed by atoms with E-state index in [1.54, 1.807) is 20.8 Å². The summed E-state index contributed by atoms with van der Waals surface area (Å²) in [4.78, 5) is 62.5. The van der Waals surface area contributed by atoms with Gasteiger partial charge in [0.15, 0.2) is 12.2 Å². The lowest BCUT2D eigenvalue weighted by Crippen LogP contribution is -2.61. The van der Waals surface area contributed by atoms with Crippen LogP contribution in [0.2, 0.25) is 0 Å². The number of esters is 5. The van der Waals surface area contributed by atoms with Gasteiger partial charge < -0.3 is 34.2 Å². The van der Waals surface area contributed by atoms with E-state index in [1.165, 1.54) is 24.3 Å². The van der Waals surface area contributed by atoms with Crippen LogP contribution >= 0.6 is 0 Å². The molecular formula is C31H44FNO11. The number of hydrogen-bond acceptors (Lipinski definition) is 12. The van der Waals surface area contributed by atoms with Crippen molar-refractivity contribution in [2.75, 3.05) is 13.3 Å². The van der Waals surface area contributed by atoms with E-state index in [0.717, 1.165) is 0 Å². The van der Waals surface area contributed by atoms with Gasteiger partial charge in [-0.25, -0.2) is 9.18 Å². The van der Waals surface area contributed by atoms with Crippen LogP contribution < -0.4 is 10.5 Å². The van der Waals surface area contributed by atoms with Gasteiger partial charge in [0.2, 0.25) is 12.4 Å². The van der Waals surface area contributed by atoms with Crippen LogP contribution in [0.25, 0.3) is 0 Å². The third-order valence-corrected chi connectivity index (χ3v) is 6.56. The summed E-state index contributed by atoms with van der Waals surface area (Å²) in [5.74, 6) is -3.27. The minimum absolute atomic E-state index is 0.0118. The lowest BCUT2D eigenvalue weighted by Gasteiger charge is -2.41. The minimum atomic E-state index is -2.18. The molecule has 1 aromatic carbocycles. The number of alkyl halides is 1. The summed E-state index contributed by atoms with van der Waals surface area (Å²) >= 11 is 0. The van der Waals surface area contributed by atoms with Crippen molar-refractivity contribution in [3.63, 3.8) is 0 Å². The zero-order chi connectivity index (χ0) is 32.7. The summed E-state index contributed by atoms with van der Waals surface area (Å²) in [7, 11) is 0. The monoisotopic (exact) mass is 625 g/mol. The Balaban J connectivity index is 2.30. The van der Waals surface area contributed by atoms with Crippen molar-refractivity contribution < 1.29 is 56.8 Å². The standard InChI is InChI=1S/C31H44FNO11/c1-5-9-23(34)40-21-15-13-20(14-16-21)17-31(33,19-32)30(38)44-29-28(43-26(37)12-8-4)27(42-25(36)11-7-3)22(18-39-29)41-24(35)10-6-2/h13-16,22,27-29H,5-12,17-19,33H2,1-4H3/t22-,27+,28-,29+,31+/m1/s1. The Morgan fingerprint density at radius 2 is 1.27 bits per heavy atom. The number of carbonyl (C=O) groups excluding carboxylic acids is 5. The molecule has 1 aromatic rings. The number of benzene rings is 1. The van der Waals surface area contributed by atoms with Gasteiger partial charge in [-0.1, -0.05) is 39.8 Å². The van der Waals surface area contributed by atoms with Crippen LogP contribution in [-0.2, 0) is 54.1 Å². The van der Waals surface area contributed by atoms with Gasteiger partial charge in [-0.05, 0) is 43.4 Å². The lowest BCUT2D eigenvalue weighted by molar-refractivity contribution is -0.277. The van der Waals surface area contributed by atoms with Gasteiger partial charge in [-0.2, -0.15) is 0 Å². The number of halogens is 1. The zero-order valence-corrected chi connectivity index (χ0v) is 25.8. The van der Waals surface area contributed by atoms with E-state index in [-0.39, 0.29) is 44.5 Å². The second kappa shape index (κ2) is 18.3. The molecule has 0 unspecified atom stereocenters. The molecule has 1 aliphatic heterocycles. The largest absolute Gasteiger partial charge is 0.456 e. The van der Waals surface area contributed by atoms with E-state index >= 15 is 0 Å². The zero-order valence-electron chi connectivity index (χ0n) is 25.8. The van der Waals surface area contributed by atoms with Crippen molar-refractivity contribution in [3.8, 4) is 5.75 Å². The first kappa shape index (κ1) is 36.6. The average Bonchev–Trinajstić information content (AvgIpc) is 2.97. The van der Waals surface area contributed by atoms with E-state index in [9.17, 15) is 28.4 Å². The smallest absolute Gasteiger partial charge is 0.331 e. The number of hydrogen-bond donors (Lipinski definition) is 1. The van der Waals surface area contributed by atoms with Gasteiger partial charge in [0.05, 0.1) is 6.61 Å². The molecule has 1 aliphatic rings. The number of rotatable bonds is 17. The van der Waals surface area contributed by atoms with Crippen molar-refractivity contribution in [3.05, 3.63) is 29.8 Å². The van der Waals surface area contributed by atoms with E-state index in [1.807, 2.05) is 6.92 Å². The molecular weight excluding hydrogens is 581 g/mol. The molecule has 0 bridgehead atoms. The van der Waals surface area contributed by atoms with E-state index in [4.69, 9.17) is 34.2 Å². The van der Waals surface area contributed by atoms with Crippen LogP contribution in [0.15, 0.2) is 24.3 Å². The number of carbonyl (C=O) groups is 5. The van der Waals surface area contributed by atoms with Gasteiger partial charge >= 0.3 is 29.8 Å². The molecule has 2 rings (SSSR count). The fourth-order valence-electron chi connectivity index (χ4n) is 4.30. The third-order valence-electron chi connectivity index (χ3n) is 6.56. The maximum atomic E-state index is 14.3. The molecule has 5 atom stereocenters. The summed E-state index contributed by atoms with van der Waals surface area (Å²) in [6.45, 7) is 5.44. The van der Waals surface area contributed by atoms with Crippen molar-refractivity contribution in [2.24, 2.45) is 5.73 Å². The second-order valence-electron chi connectivity index (χ2n) is 10.6. The minimum Gasteiger partial charge on any atom is -0.456 e. The van der Waals surface area contributed by atoms with Crippen LogP contribution in [0.5, 0.6) is 5.75 Å².